The zero-order chi connectivity index (χ0) is 18.1. The Morgan fingerprint density at radius 2 is 2.04 bits per heavy atom. The zero-order valence-electron chi connectivity index (χ0n) is 12.5. The number of rotatable bonds is 4. The minimum atomic E-state index is -3.49. The molecule has 2 rings (SSSR count). The second kappa shape index (κ2) is 6.31. The number of aromatic nitrogens is 2. The van der Waals surface area contributed by atoms with Gasteiger partial charge in [-0.2, -0.15) is 14.0 Å². The monoisotopic (exact) mass is 341 g/mol. The van der Waals surface area contributed by atoms with Crippen LogP contribution in [-0.2, 0) is 5.92 Å². The van der Waals surface area contributed by atoms with Crippen molar-refractivity contribution in [2.24, 2.45) is 0 Å². The highest BCUT2D eigenvalue weighted by atomic mass is 19.3. The fourth-order valence-electron chi connectivity index (χ4n) is 1.96. The van der Waals surface area contributed by atoms with E-state index in [1.165, 1.54) is 6.92 Å². The van der Waals surface area contributed by atoms with Crippen molar-refractivity contribution in [3.05, 3.63) is 51.2 Å². The summed E-state index contributed by atoms with van der Waals surface area (Å²) in [5.41, 5.74) is -2.45. The van der Waals surface area contributed by atoms with Crippen LogP contribution in [0.2, 0.25) is 0 Å². The summed E-state index contributed by atoms with van der Waals surface area (Å²) in [6, 6.07) is 3.57. The van der Waals surface area contributed by atoms with E-state index in [0.29, 0.717) is 6.92 Å². The van der Waals surface area contributed by atoms with E-state index in [9.17, 15) is 22.4 Å². The van der Waals surface area contributed by atoms with Gasteiger partial charge in [-0.25, -0.2) is 13.8 Å². The Kier molecular flexibility index (Phi) is 4.59. The maximum atomic E-state index is 13.6. The van der Waals surface area contributed by atoms with Crippen LogP contribution in [0, 0.1) is 18.3 Å². The highest BCUT2D eigenvalue weighted by molar-refractivity contribution is 5.50. The molecular weight excluding hydrogens is 330 g/mol. The van der Waals surface area contributed by atoms with Crippen LogP contribution in [0.4, 0.5) is 17.6 Å². The molecular formula is C15H11F4N3O2. The van der Waals surface area contributed by atoms with Crippen molar-refractivity contribution in [1.82, 2.24) is 9.97 Å². The maximum Gasteiger partial charge on any atom is 0.294 e. The topological polar surface area (TPSA) is 78.8 Å². The molecule has 0 saturated heterocycles. The molecule has 0 aliphatic carbocycles. The number of H-pyrrole nitrogens is 1. The Morgan fingerprint density at radius 1 is 1.38 bits per heavy atom. The van der Waals surface area contributed by atoms with Crippen molar-refractivity contribution in [2.75, 3.05) is 0 Å². The van der Waals surface area contributed by atoms with Crippen LogP contribution >= 0.6 is 0 Å². The minimum absolute atomic E-state index is 0.118. The molecule has 0 saturated carbocycles. The molecule has 1 heterocycles. The van der Waals surface area contributed by atoms with E-state index in [-0.39, 0.29) is 16.9 Å². The number of nitrogens with zero attached hydrogens (tertiary/aromatic N) is 2. The lowest BCUT2D eigenvalue weighted by Crippen LogP contribution is -2.20. The highest BCUT2D eigenvalue weighted by Crippen LogP contribution is 2.35. The summed E-state index contributed by atoms with van der Waals surface area (Å²) in [6.07, 6.45) is -2.12. The average molecular weight is 341 g/mol. The molecule has 0 fully saturated rings. The van der Waals surface area contributed by atoms with Crippen LogP contribution in [0.3, 0.4) is 0 Å². The normalized spacial score (nSPS) is 11.4. The summed E-state index contributed by atoms with van der Waals surface area (Å²) < 4.78 is 58.2. The molecule has 24 heavy (non-hydrogen) atoms. The fraction of sp³-hybridized carbons (Fsp3) is 0.267. The van der Waals surface area contributed by atoms with E-state index in [0.717, 1.165) is 18.5 Å². The van der Waals surface area contributed by atoms with Gasteiger partial charge in [-0.05, 0) is 19.1 Å². The van der Waals surface area contributed by atoms with Crippen molar-refractivity contribution in [1.29, 1.82) is 5.26 Å². The smallest absolute Gasteiger partial charge is 0.294 e. The van der Waals surface area contributed by atoms with Gasteiger partial charge in [-0.1, -0.05) is 0 Å². The summed E-state index contributed by atoms with van der Waals surface area (Å²) in [5, 5.41) is 9.00. The van der Waals surface area contributed by atoms with Gasteiger partial charge in [0.2, 0.25) is 5.75 Å². The number of aromatic amines is 1. The number of halogens is 4. The Morgan fingerprint density at radius 3 is 2.58 bits per heavy atom. The second-order valence-electron chi connectivity index (χ2n) is 5.00. The zero-order valence-corrected chi connectivity index (χ0v) is 12.5. The number of hydrogen-bond acceptors (Lipinski definition) is 4. The van der Waals surface area contributed by atoms with Gasteiger partial charge < -0.3 is 9.72 Å². The SMILES string of the molecule is Cc1c(C#N)cc(C(F)F)cc1Oc1c(C(C)(F)F)nc[nH]c1=O. The lowest BCUT2D eigenvalue weighted by molar-refractivity contribution is 0.0103. The quantitative estimate of drug-likeness (QED) is 0.858. The molecule has 0 aliphatic heterocycles. The number of alkyl halides is 4. The van der Waals surface area contributed by atoms with Crippen molar-refractivity contribution in [3.63, 3.8) is 0 Å². The third kappa shape index (κ3) is 3.37. The largest absolute Gasteiger partial charge is 0.449 e. The van der Waals surface area contributed by atoms with Gasteiger partial charge in [0.05, 0.1) is 18.0 Å². The Hall–Kier alpha value is -2.89. The predicted molar refractivity (Wildman–Crippen MR) is 75.4 cm³/mol. The molecule has 0 amide bonds. The third-order valence-corrected chi connectivity index (χ3v) is 3.19. The van der Waals surface area contributed by atoms with Crippen molar-refractivity contribution >= 4 is 0 Å². The number of benzene rings is 1. The standard InChI is InChI=1S/C15H11F4N3O2/c1-7-9(5-20)3-8(13(16)17)4-10(7)24-11-12(15(2,18)19)21-6-22-14(11)23/h3-4,6,13H,1-2H3,(H,21,22,23). The van der Waals surface area contributed by atoms with Crippen molar-refractivity contribution in [2.45, 2.75) is 26.2 Å². The van der Waals surface area contributed by atoms with E-state index in [1.54, 1.807) is 6.07 Å². The van der Waals surface area contributed by atoms with Gasteiger partial charge in [0.1, 0.15) is 5.75 Å². The first kappa shape index (κ1) is 17.5. The summed E-state index contributed by atoms with van der Waals surface area (Å²) in [4.78, 5) is 17.3. The molecule has 0 bridgehead atoms. The molecule has 0 unspecified atom stereocenters. The molecule has 9 heteroatoms. The Labute approximate surface area is 133 Å². The Bertz CT molecular complexity index is 866. The molecule has 1 aromatic heterocycles. The van der Waals surface area contributed by atoms with Gasteiger partial charge in [-0.15, -0.1) is 0 Å². The summed E-state index contributed by atoms with van der Waals surface area (Å²) in [6.45, 7) is 1.90. The van der Waals surface area contributed by atoms with Gasteiger partial charge in [0.25, 0.3) is 17.9 Å². The number of ether oxygens (including phenoxy) is 1. The van der Waals surface area contributed by atoms with E-state index in [1.807, 2.05) is 0 Å². The van der Waals surface area contributed by atoms with Crippen molar-refractivity contribution < 1.29 is 22.3 Å². The number of nitriles is 1. The third-order valence-electron chi connectivity index (χ3n) is 3.19. The van der Waals surface area contributed by atoms with Crippen LogP contribution in [0.1, 0.15) is 35.7 Å². The molecule has 1 aromatic carbocycles. The number of nitrogens with one attached hydrogen (secondary N) is 1. The van der Waals surface area contributed by atoms with Crippen LogP contribution in [0.15, 0.2) is 23.3 Å². The van der Waals surface area contributed by atoms with Gasteiger partial charge >= 0.3 is 0 Å². The van der Waals surface area contributed by atoms with Crippen LogP contribution in [0.5, 0.6) is 11.5 Å². The lowest BCUT2D eigenvalue weighted by Gasteiger charge is -2.16. The number of hydrogen-bond donors (Lipinski definition) is 1. The molecule has 0 aliphatic rings. The van der Waals surface area contributed by atoms with E-state index >= 15 is 0 Å². The van der Waals surface area contributed by atoms with Crippen LogP contribution in [0.25, 0.3) is 0 Å². The molecule has 126 valence electrons. The van der Waals surface area contributed by atoms with Gasteiger partial charge in [0, 0.05) is 18.1 Å². The first-order valence-corrected chi connectivity index (χ1v) is 6.61. The minimum Gasteiger partial charge on any atom is -0.449 e. The first-order chi connectivity index (χ1) is 11.1. The van der Waals surface area contributed by atoms with Crippen LogP contribution < -0.4 is 10.3 Å². The van der Waals surface area contributed by atoms with E-state index in [4.69, 9.17) is 10.00 Å². The Balaban J connectivity index is 2.64. The van der Waals surface area contributed by atoms with E-state index < -0.39 is 34.9 Å². The molecule has 2 aromatic rings. The summed E-state index contributed by atoms with van der Waals surface area (Å²) in [5.74, 6) is -4.60. The highest BCUT2D eigenvalue weighted by Gasteiger charge is 2.33. The fourth-order valence-corrected chi connectivity index (χ4v) is 1.96. The maximum absolute atomic E-state index is 13.6. The average Bonchev–Trinajstić information content (AvgIpc) is 2.49. The summed E-state index contributed by atoms with van der Waals surface area (Å²) in [7, 11) is 0. The summed E-state index contributed by atoms with van der Waals surface area (Å²) >= 11 is 0. The van der Waals surface area contributed by atoms with Crippen LogP contribution in [-0.4, -0.2) is 9.97 Å². The van der Waals surface area contributed by atoms with Crippen molar-refractivity contribution in [3.8, 4) is 17.6 Å². The second-order valence-corrected chi connectivity index (χ2v) is 5.00. The molecule has 0 radical (unpaired) electrons. The molecule has 5 nitrogen and oxygen atoms in total. The molecule has 0 atom stereocenters. The molecule has 0 spiro atoms. The lowest BCUT2D eigenvalue weighted by atomic mass is 10.0. The van der Waals surface area contributed by atoms with E-state index in [2.05, 4.69) is 9.97 Å². The predicted octanol–water partition coefficient (Wildman–Crippen LogP) is 3.79. The molecule has 1 N–H and O–H groups in total. The van der Waals surface area contributed by atoms with Gasteiger partial charge in [-0.3, -0.25) is 4.79 Å². The first-order valence-electron chi connectivity index (χ1n) is 6.61. The van der Waals surface area contributed by atoms with Gasteiger partial charge in [0.15, 0.2) is 5.69 Å².